The maximum atomic E-state index is 12.7. The molecule has 1 fully saturated rings. The third-order valence-electron chi connectivity index (χ3n) is 5.38. The number of halogens is 1. The van der Waals surface area contributed by atoms with Crippen molar-refractivity contribution < 1.29 is 38.2 Å². The number of carboxylic acids is 1. The van der Waals surface area contributed by atoms with Crippen LogP contribution >= 0.6 is 23.4 Å². The Kier molecular flexibility index (Phi) is 7.08. The van der Waals surface area contributed by atoms with E-state index in [1.54, 1.807) is 24.3 Å². The van der Waals surface area contributed by atoms with E-state index in [4.69, 9.17) is 25.5 Å². The van der Waals surface area contributed by atoms with Crippen molar-refractivity contribution in [3.63, 3.8) is 0 Å². The molecule has 0 radical (unpaired) electrons. The van der Waals surface area contributed by atoms with Gasteiger partial charge in [-0.05, 0) is 42.8 Å². The second kappa shape index (κ2) is 10.0. The number of carbonyl (C=O) groups is 4. The van der Waals surface area contributed by atoms with Crippen LogP contribution in [0.2, 0.25) is 5.02 Å². The second-order valence-electron chi connectivity index (χ2n) is 7.86. The minimum Gasteiger partial charge on any atom is -0.486 e. The predicted octanol–water partition coefficient (Wildman–Crippen LogP) is 2.74. The first-order valence-corrected chi connectivity index (χ1v) is 11.9. The number of thioether (sulfide) groups is 1. The van der Waals surface area contributed by atoms with Crippen molar-refractivity contribution in [1.29, 1.82) is 0 Å². The van der Waals surface area contributed by atoms with Crippen LogP contribution in [0.3, 0.4) is 0 Å². The van der Waals surface area contributed by atoms with E-state index < -0.39 is 35.2 Å². The van der Waals surface area contributed by atoms with Crippen LogP contribution in [-0.2, 0) is 25.7 Å². The summed E-state index contributed by atoms with van der Waals surface area (Å²) in [6.45, 7) is 2.93. The zero-order valence-electron chi connectivity index (χ0n) is 18.7. The van der Waals surface area contributed by atoms with Crippen LogP contribution in [-0.4, -0.2) is 57.5 Å². The summed E-state index contributed by atoms with van der Waals surface area (Å²) in [5, 5.41) is 12.2. The number of furan rings is 1. The molecule has 2 atom stereocenters. The average Bonchev–Trinajstić information content (AvgIpc) is 3.30. The standard InChI is InChI=1S/C23H21ClN2O8S/c1-11-7-14(3-5-16(11)24)33-9-15-4-6-17(34-15)20(28)25-18-21(29)26-19(23(30)31)13(8-32-12(2)27)10-35-22(18)26/h3-7,18,22H,8-10H2,1-2H3,(H,25,28)(H,30,31)/t18-,22+/m0/s1. The number of ether oxygens (including phenoxy) is 2. The summed E-state index contributed by atoms with van der Waals surface area (Å²) in [6.07, 6.45) is 0. The van der Waals surface area contributed by atoms with Crippen LogP contribution in [0.5, 0.6) is 5.75 Å². The largest absolute Gasteiger partial charge is 0.486 e. The lowest BCUT2D eigenvalue weighted by molar-refractivity contribution is -0.149. The molecule has 1 aromatic heterocycles. The van der Waals surface area contributed by atoms with Gasteiger partial charge >= 0.3 is 11.9 Å². The molecule has 1 aromatic carbocycles. The van der Waals surface area contributed by atoms with E-state index in [1.807, 2.05) is 6.92 Å². The Morgan fingerprint density at radius 2 is 2.03 bits per heavy atom. The van der Waals surface area contributed by atoms with Crippen molar-refractivity contribution in [1.82, 2.24) is 10.2 Å². The predicted molar refractivity (Wildman–Crippen MR) is 125 cm³/mol. The van der Waals surface area contributed by atoms with E-state index in [0.717, 1.165) is 10.5 Å². The number of fused-ring (bicyclic) bond motifs is 1. The highest BCUT2D eigenvalue weighted by Gasteiger charge is 2.54. The van der Waals surface area contributed by atoms with Crippen LogP contribution in [0, 0.1) is 6.92 Å². The third kappa shape index (κ3) is 5.15. The molecule has 2 aliphatic heterocycles. The molecule has 1 saturated heterocycles. The Balaban J connectivity index is 1.38. The topological polar surface area (TPSA) is 135 Å². The molecule has 2 aliphatic rings. The maximum absolute atomic E-state index is 12.7. The Labute approximate surface area is 209 Å². The number of β-lactam (4-membered cyclic amide) rings is 1. The van der Waals surface area contributed by atoms with Gasteiger partial charge in [0.15, 0.2) is 5.76 Å². The number of nitrogens with one attached hydrogen (secondary N) is 1. The van der Waals surface area contributed by atoms with E-state index >= 15 is 0 Å². The molecule has 4 rings (SSSR count). The molecule has 0 spiro atoms. The Hall–Kier alpha value is -3.44. The summed E-state index contributed by atoms with van der Waals surface area (Å²) in [5.74, 6) is -1.80. The van der Waals surface area contributed by atoms with Crippen LogP contribution in [0.15, 0.2) is 46.0 Å². The molecule has 10 nitrogen and oxygen atoms in total. The normalized spacial score (nSPS) is 19.1. The van der Waals surface area contributed by atoms with Crippen LogP contribution < -0.4 is 10.1 Å². The zero-order chi connectivity index (χ0) is 25.3. The van der Waals surface area contributed by atoms with Gasteiger partial charge in [-0.2, -0.15) is 0 Å². The summed E-state index contributed by atoms with van der Waals surface area (Å²) in [6, 6.07) is 7.37. The van der Waals surface area contributed by atoms with Crippen LogP contribution in [0.25, 0.3) is 0 Å². The third-order valence-corrected chi connectivity index (χ3v) is 7.15. The van der Waals surface area contributed by atoms with Gasteiger partial charge in [0.2, 0.25) is 0 Å². The lowest BCUT2D eigenvalue weighted by atomic mass is 10.0. The van der Waals surface area contributed by atoms with Gasteiger partial charge in [0.25, 0.3) is 11.8 Å². The quantitative estimate of drug-likeness (QED) is 0.397. The number of carboxylic acid groups (broad SMARTS) is 1. The van der Waals surface area contributed by atoms with Gasteiger partial charge in [0, 0.05) is 23.3 Å². The summed E-state index contributed by atoms with van der Waals surface area (Å²) < 4.78 is 16.1. The molecular weight excluding hydrogens is 500 g/mol. The number of rotatable bonds is 8. The van der Waals surface area contributed by atoms with Crippen molar-refractivity contribution in [2.75, 3.05) is 12.4 Å². The van der Waals surface area contributed by atoms with Gasteiger partial charge in [-0.15, -0.1) is 11.8 Å². The fraction of sp³-hybridized carbons (Fsp3) is 0.304. The number of hydrogen-bond acceptors (Lipinski definition) is 8. The van der Waals surface area contributed by atoms with Crippen molar-refractivity contribution in [3.05, 3.63) is 63.7 Å². The Bertz CT molecular complexity index is 1240. The Morgan fingerprint density at radius 3 is 2.71 bits per heavy atom. The minimum atomic E-state index is -1.30. The highest BCUT2D eigenvalue weighted by Crippen LogP contribution is 2.40. The van der Waals surface area contributed by atoms with Gasteiger partial charge in [0.1, 0.15) is 41.8 Å². The van der Waals surface area contributed by atoms with Crippen molar-refractivity contribution in [2.24, 2.45) is 0 Å². The van der Waals surface area contributed by atoms with Crippen molar-refractivity contribution in [2.45, 2.75) is 31.9 Å². The molecule has 0 unspecified atom stereocenters. The summed E-state index contributed by atoms with van der Waals surface area (Å²) in [4.78, 5) is 49.3. The minimum absolute atomic E-state index is 0.00695. The van der Waals surface area contributed by atoms with Gasteiger partial charge < -0.3 is 24.3 Å². The molecular formula is C23H21ClN2O8S. The highest BCUT2D eigenvalue weighted by molar-refractivity contribution is 8.00. The highest BCUT2D eigenvalue weighted by atomic mass is 35.5. The maximum Gasteiger partial charge on any atom is 0.352 e. The van der Waals surface area contributed by atoms with E-state index in [0.29, 0.717) is 22.1 Å². The molecule has 2 aromatic rings. The number of nitrogens with zero attached hydrogens (tertiary/aromatic N) is 1. The van der Waals surface area contributed by atoms with E-state index in [1.165, 1.54) is 24.8 Å². The van der Waals surface area contributed by atoms with Gasteiger partial charge in [-0.3, -0.25) is 19.3 Å². The van der Waals surface area contributed by atoms with Crippen LogP contribution in [0.4, 0.5) is 0 Å². The number of hydrogen-bond donors (Lipinski definition) is 2. The van der Waals surface area contributed by atoms with Crippen molar-refractivity contribution >= 4 is 47.1 Å². The number of aliphatic carboxylic acids is 1. The number of benzene rings is 1. The molecule has 3 heterocycles. The molecule has 0 aliphatic carbocycles. The summed E-state index contributed by atoms with van der Waals surface area (Å²) >= 11 is 7.28. The zero-order valence-corrected chi connectivity index (χ0v) is 20.3. The van der Waals surface area contributed by atoms with E-state index in [2.05, 4.69) is 5.32 Å². The number of carbonyl (C=O) groups excluding carboxylic acids is 3. The molecule has 2 amide bonds. The average molecular weight is 521 g/mol. The lowest BCUT2D eigenvalue weighted by Gasteiger charge is -2.49. The molecule has 0 bridgehead atoms. The molecule has 35 heavy (non-hydrogen) atoms. The first-order chi connectivity index (χ1) is 16.7. The summed E-state index contributed by atoms with van der Waals surface area (Å²) in [7, 11) is 0. The number of aryl methyl sites for hydroxylation is 1. The smallest absolute Gasteiger partial charge is 0.352 e. The molecule has 12 heteroatoms. The summed E-state index contributed by atoms with van der Waals surface area (Å²) in [5.41, 5.74) is 0.960. The lowest BCUT2D eigenvalue weighted by Crippen LogP contribution is -2.70. The van der Waals surface area contributed by atoms with E-state index in [-0.39, 0.29) is 30.4 Å². The fourth-order valence-corrected chi connectivity index (χ4v) is 5.08. The van der Waals surface area contributed by atoms with Crippen molar-refractivity contribution in [3.8, 4) is 5.75 Å². The fourth-order valence-electron chi connectivity index (χ4n) is 3.63. The SMILES string of the molecule is CC(=O)OCC1=C(C(=O)O)N2C(=O)[C@H](NC(=O)c3ccc(COc4ccc(Cl)c(C)c4)o3)[C@H]2SC1. The van der Waals surface area contributed by atoms with Gasteiger partial charge in [-0.25, -0.2) is 4.79 Å². The monoisotopic (exact) mass is 520 g/mol. The number of esters is 1. The van der Waals surface area contributed by atoms with Gasteiger partial charge in [0.05, 0.1) is 0 Å². The molecule has 184 valence electrons. The first kappa shape index (κ1) is 24.7. The Morgan fingerprint density at radius 1 is 1.26 bits per heavy atom. The second-order valence-corrected chi connectivity index (χ2v) is 9.38. The molecule has 0 saturated carbocycles. The van der Waals surface area contributed by atoms with E-state index in [9.17, 15) is 24.3 Å². The van der Waals surface area contributed by atoms with Gasteiger partial charge in [-0.1, -0.05) is 11.6 Å². The number of amides is 2. The first-order valence-electron chi connectivity index (χ1n) is 10.5. The molecule has 2 N–H and O–H groups in total. The van der Waals surface area contributed by atoms with Crippen LogP contribution in [0.1, 0.15) is 28.8 Å².